The number of aliphatic carboxylic acids is 1. The molecule has 1 aliphatic heterocycles. The van der Waals surface area contributed by atoms with Crippen molar-refractivity contribution in [3.05, 3.63) is 35.9 Å². The van der Waals surface area contributed by atoms with Crippen molar-refractivity contribution >= 4 is 5.97 Å². The van der Waals surface area contributed by atoms with E-state index in [1.807, 2.05) is 44.3 Å². The van der Waals surface area contributed by atoms with Crippen LogP contribution in [-0.2, 0) is 9.53 Å². The molecule has 0 radical (unpaired) electrons. The second-order valence-electron chi connectivity index (χ2n) is 5.17. The quantitative estimate of drug-likeness (QED) is 0.882. The summed E-state index contributed by atoms with van der Waals surface area (Å²) in [5, 5.41) is 9.43. The van der Waals surface area contributed by atoms with Crippen molar-refractivity contribution in [2.24, 2.45) is 0 Å². The van der Waals surface area contributed by atoms with Gasteiger partial charge in [-0.1, -0.05) is 30.3 Å². The van der Waals surface area contributed by atoms with Crippen LogP contribution in [0.4, 0.5) is 0 Å². The van der Waals surface area contributed by atoms with Gasteiger partial charge in [-0.2, -0.15) is 0 Å². The van der Waals surface area contributed by atoms with Crippen LogP contribution in [0.2, 0.25) is 0 Å². The van der Waals surface area contributed by atoms with Crippen molar-refractivity contribution in [3.8, 4) is 0 Å². The highest BCUT2D eigenvalue weighted by Gasteiger charge is 2.31. The summed E-state index contributed by atoms with van der Waals surface area (Å²) >= 11 is 0. The Balaban J connectivity index is 2.07. The van der Waals surface area contributed by atoms with Gasteiger partial charge >= 0.3 is 5.97 Å². The number of nitrogens with zero attached hydrogens (tertiary/aromatic N) is 1. The van der Waals surface area contributed by atoms with E-state index in [1.165, 1.54) is 0 Å². The fourth-order valence-electron chi connectivity index (χ4n) is 2.73. The summed E-state index contributed by atoms with van der Waals surface area (Å²) < 4.78 is 5.55. The summed E-state index contributed by atoms with van der Waals surface area (Å²) in [6.45, 7) is 3.32. The number of likely N-dealkylation sites (N-methyl/N-ethyl adjacent to an activating group) is 1. The molecule has 0 bridgehead atoms. The lowest BCUT2D eigenvalue weighted by Gasteiger charge is -2.29. The third-order valence-electron chi connectivity index (χ3n) is 3.87. The SMILES string of the molecule is CC1OCCC1N(C)CC(C(=O)O)c1ccccc1. The number of rotatable bonds is 5. The van der Waals surface area contributed by atoms with Crippen LogP contribution < -0.4 is 0 Å². The van der Waals surface area contributed by atoms with Crippen molar-refractivity contribution < 1.29 is 14.6 Å². The third kappa shape index (κ3) is 3.33. The van der Waals surface area contributed by atoms with Gasteiger partial charge < -0.3 is 9.84 Å². The minimum Gasteiger partial charge on any atom is -0.481 e. The Bertz CT molecular complexity index is 421. The van der Waals surface area contributed by atoms with E-state index in [4.69, 9.17) is 4.74 Å². The Hall–Kier alpha value is -1.39. The first kappa shape index (κ1) is 14.0. The smallest absolute Gasteiger partial charge is 0.312 e. The maximum absolute atomic E-state index is 11.5. The van der Waals surface area contributed by atoms with E-state index in [2.05, 4.69) is 4.90 Å². The first-order valence-electron chi connectivity index (χ1n) is 6.69. The minimum atomic E-state index is -0.774. The molecule has 2 rings (SSSR count). The molecule has 4 nitrogen and oxygen atoms in total. The lowest BCUT2D eigenvalue weighted by Crippen LogP contribution is -2.40. The molecule has 0 aliphatic carbocycles. The molecule has 1 saturated heterocycles. The summed E-state index contributed by atoms with van der Waals surface area (Å²) in [6.07, 6.45) is 1.15. The van der Waals surface area contributed by atoms with Crippen LogP contribution in [0.25, 0.3) is 0 Å². The highest BCUT2D eigenvalue weighted by Crippen LogP contribution is 2.23. The fraction of sp³-hybridized carbons (Fsp3) is 0.533. The molecule has 1 aromatic carbocycles. The van der Waals surface area contributed by atoms with Gasteiger partial charge in [0.1, 0.15) is 0 Å². The van der Waals surface area contributed by atoms with Crippen molar-refractivity contribution in [3.63, 3.8) is 0 Å². The van der Waals surface area contributed by atoms with Gasteiger partial charge in [0.25, 0.3) is 0 Å². The molecule has 1 fully saturated rings. The molecule has 3 atom stereocenters. The van der Waals surface area contributed by atoms with Crippen LogP contribution in [0.15, 0.2) is 30.3 Å². The van der Waals surface area contributed by atoms with Crippen LogP contribution in [-0.4, -0.2) is 48.3 Å². The van der Waals surface area contributed by atoms with Crippen LogP contribution in [0.1, 0.15) is 24.8 Å². The Kier molecular flexibility index (Phi) is 4.56. The molecule has 1 heterocycles. The Labute approximate surface area is 114 Å². The molecule has 0 saturated carbocycles. The number of hydrogen-bond acceptors (Lipinski definition) is 3. The van der Waals surface area contributed by atoms with Gasteiger partial charge in [0, 0.05) is 19.2 Å². The number of carboxylic acids is 1. The van der Waals surface area contributed by atoms with Crippen molar-refractivity contribution in [1.29, 1.82) is 0 Å². The molecule has 0 amide bonds. The van der Waals surface area contributed by atoms with Gasteiger partial charge in [0.05, 0.1) is 12.0 Å². The topological polar surface area (TPSA) is 49.8 Å². The lowest BCUT2D eigenvalue weighted by atomic mass is 9.97. The van der Waals surface area contributed by atoms with E-state index in [-0.39, 0.29) is 6.10 Å². The zero-order valence-electron chi connectivity index (χ0n) is 11.5. The average Bonchev–Trinajstić information content (AvgIpc) is 2.82. The molecule has 0 spiro atoms. The Morgan fingerprint density at radius 3 is 2.68 bits per heavy atom. The van der Waals surface area contributed by atoms with Crippen molar-refractivity contribution in [1.82, 2.24) is 4.90 Å². The number of hydrogen-bond donors (Lipinski definition) is 1. The monoisotopic (exact) mass is 263 g/mol. The molecule has 19 heavy (non-hydrogen) atoms. The zero-order chi connectivity index (χ0) is 13.8. The van der Waals surface area contributed by atoms with Crippen LogP contribution in [0, 0.1) is 0 Å². The summed E-state index contributed by atoms with van der Waals surface area (Å²) in [5.74, 6) is -1.26. The molecule has 1 N–H and O–H groups in total. The maximum Gasteiger partial charge on any atom is 0.312 e. The van der Waals surface area contributed by atoms with Gasteiger partial charge in [-0.3, -0.25) is 9.69 Å². The number of carbonyl (C=O) groups is 1. The standard InChI is InChI=1S/C15H21NO3/c1-11-14(8-9-19-11)16(2)10-13(15(17)18)12-6-4-3-5-7-12/h3-7,11,13-14H,8-10H2,1-2H3,(H,17,18). The van der Waals surface area contributed by atoms with E-state index in [9.17, 15) is 9.90 Å². The molecular weight excluding hydrogens is 242 g/mol. The largest absolute Gasteiger partial charge is 0.481 e. The van der Waals surface area contributed by atoms with E-state index in [0.29, 0.717) is 12.6 Å². The summed E-state index contributed by atoms with van der Waals surface area (Å²) in [4.78, 5) is 13.6. The zero-order valence-corrected chi connectivity index (χ0v) is 11.5. The summed E-state index contributed by atoms with van der Waals surface area (Å²) in [5.41, 5.74) is 0.855. The second-order valence-corrected chi connectivity index (χ2v) is 5.17. The van der Waals surface area contributed by atoms with Gasteiger partial charge in [-0.05, 0) is 26.0 Å². The highest BCUT2D eigenvalue weighted by molar-refractivity contribution is 5.76. The molecule has 0 aromatic heterocycles. The number of benzene rings is 1. The lowest BCUT2D eigenvalue weighted by molar-refractivity contribution is -0.139. The van der Waals surface area contributed by atoms with Gasteiger partial charge in [0.2, 0.25) is 0 Å². The van der Waals surface area contributed by atoms with E-state index in [1.54, 1.807) is 0 Å². The normalized spacial score (nSPS) is 24.6. The van der Waals surface area contributed by atoms with Gasteiger partial charge in [0.15, 0.2) is 0 Å². The Morgan fingerprint density at radius 2 is 2.16 bits per heavy atom. The second kappa shape index (κ2) is 6.17. The predicted octanol–water partition coefficient (Wildman–Crippen LogP) is 1.96. The molecule has 1 aromatic rings. The van der Waals surface area contributed by atoms with Gasteiger partial charge in [-0.15, -0.1) is 0 Å². The average molecular weight is 263 g/mol. The third-order valence-corrected chi connectivity index (χ3v) is 3.87. The van der Waals surface area contributed by atoms with Crippen molar-refractivity contribution in [2.75, 3.05) is 20.2 Å². The molecule has 104 valence electrons. The van der Waals surface area contributed by atoms with Crippen molar-refractivity contribution in [2.45, 2.75) is 31.4 Å². The highest BCUT2D eigenvalue weighted by atomic mass is 16.5. The van der Waals surface area contributed by atoms with E-state index < -0.39 is 11.9 Å². The van der Waals surface area contributed by atoms with Crippen LogP contribution >= 0.6 is 0 Å². The summed E-state index contributed by atoms with van der Waals surface area (Å²) in [7, 11) is 1.98. The number of ether oxygens (including phenoxy) is 1. The fourth-order valence-corrected chi connectivity index (χ4v) is 2.73. The Morgan fingerprint density at radius 1 is 1.47 bits per heavy atom. The van der Waals surface area contributed by atoms with E-state index >= 15 is 0 Å². The molecular formula is C15H21NO3. The first-order chi connectivity index (χ1) is 9.09. The predicted molar refractivity (Wildman–Crippen MR) is 73.3 cm³/mol. The van der Waals surface area contributed by atoms with E-state index in [0.717, 1.165) is 18.6 Å². The number of carboxylic acid groups (broad SMARTS) is 1. The van der Waals surface area contributed by atoms with Gasteiger partial charge in [-0.25, -0.2) is 0 Å². The van der Waals surface area contributed by atoms with Crippen LogP contribution in [0.5, 0.6) is 0 Å². The molecule has 4 heteroatoms. The first-order valence-corrected chi connectivity index (χ1v) is 6.69. The van der Waals surface area contributed by atoms with Crippen LogP contribution in [0.3, 0.4) is 0 Å². The maximum atomic E-state index is 11.5. The molecule has 1 aliphatic rings. The summed E-state index contributed by atoms with van der Waals surface area (Å²) in [6, 6.07) is 9.73. The minimum absolute atomic E-state index is 0.176. The molecule has 3 unspecified atom stereocenters.